The van der Waals surface area contributed by atoms with Gasteiger partial charge in [0.15, 0.2) is 0 Å². The summed E-state index contributed by atoms with van der Waals surface area (Å²) >= 11 is 5.93. The molecule has 2 heterocycles. The molecule has 3 rings (SSSR count). The van der Waals surface area contributed by atoms with Crippen LogP contribution < -0.4 is 0 Å². The zero-order chi connectivity index (χ0) is 21.7. The summed E-state index contributed by atoms with van der Waals surface area (Å²) in [5, 5.41) is 7.42. The number of aromatic amines is 1. The molecule has 9 heteroatoms. The van der Waals surface area contributed by atoms with Crippen LogP contribution in [0, 0.1) is 5.92 Å². The highest BCUT2D eigenvalue weighted by Gasteiger charge is 2.30. The van der Waals surface area contributed by atoms with E-state index in [1.165, 1.54) is 11.1 Å². The standard InChI is InChI=1S/C21H25ClN4O4/c1-3-30-21(29)15-5-4-10-26(12-15)18(27)13-25(2)20(28)17-11-23-24-19(17)14-6-8-16(22)9-7-14/h6-9,11,15H,3-5,10,12-13H2,1-2H3,(H,23,24). The summed E-state index contributed by atoms with van der Waals surface area (Å²) in [6, 6.07) is 7.05. The van der Waals surface area contributed by atoms with Gasteiger partial charge in [0, 0.05) is 30.7 Å². The Labute approximate surface area is 180 Å². The number of halogens is 1. The number of nitrogens with one attached hydrogen (secondary N) is 1. The van der Waals surface area contributed by atoms with Gasteiger partial charge in [-0.2, -0.15) is 5.10 Å². The predicted molar refractivity (Wildman–Crippen MR) is 112 cm³/mol. The Hall–Kier alpha value is -2.87. The fourth-order valence-corrected chi connectivity index (χ4v) is 3.65. The van der Waals surface area contributed by atoms with Crippen molar-refractivity contribution in [3.63, 3.8) is 0 Å². The fraction of sp³-hybridized carbons (Fsp3) is 0.429. The lowest BCUT2D eigenvalue weighted by Crippen LogP contribution is -2.47. The van der Waals surface area contributed by atoms with E-state index in [9.17, 15) is 14.4 Å². The van der Waals surface area contributed by atoms with Gasteiger partial charge in [0.25, 0.3) is 5.91 Å². The van der Waals surface area contributed by atoms with E-state index in [0.29, 0.717) is 42.4 Å². The average Bonchev–Trinajstić information content (AvgIpc) is 3.23. The molecule has 0 radical (unpaired) electrons. The molecule has 160 valence electrons. The Bertz CT molecular complexity index is 912. The summed E-state index contributed by atoms with van der Waals surface area (Å²) in [5.41, 5.74) is 1.71. The van der Waals surface area contributed by atoms with Crippen molar-refractivity contribution in [1.82, 2.24) is 20.0 Å². The molecule has 2 amide bonds. The van der Waals surface area contributed by atoms with Crippen molar-refractivity contribution < 1.29 is 19.1 Å². The second-order valence-electron chi connectivity index (χ2n) is 7.26. The molecule has 1 saturated heterocycles. The van der Waals surface area contributed by atoms with Crippen LogP contribution in [0.4, 0.5) is 0 Å². The topological polar surface area (TPSA) is 95.6 Å². The van der Waals surface area contributed by atoms with E-state index in [4.69, 9.17) is 16.3 Å². The molecule has 1 aliphatic heterocycles. The molecule has 1 aromatic heterocycles. The number of nitrogens with zero attached hydrogens (tertiary/aromatic N) is 3. The molecular weight excluding hydrogens is 408 g/mol. The van der Waals surface area contributed by atoms with Gasteiger partial charge < -0.3 is 14.5 Å². The van der Waals surface area contributed by atoms with E-state index >= 15 is 0 Å². The van der Waals surface area contributed by atoms with Crippen LogP contribution >= 0.6 is 11.6 Å². The first-order chi connectivity index (χ1) is 14.4. The Morgan fingerprint density at radius 3 is 2.73 bits per heavy atom. The number of H-pyrrole nitrogens is 1. The van der Waals surface area contributed by atoms with Crippen molar-refractivity contribution in [2.24, 2.45) is 5.92 Å². The lowest BCUT2D eigenvalue weighted by atomic mass is 9.98. The Kier molecular flexibility index (Phi) is 7.10. The van der Waals surface area contributed by atoms with Crippen molar-refractivity contribution in [3.05, 3.63) is 41.0 Å². The third-order valence-corrected chi connectivity index (χ3v) is 5.37. The normalized spacial score (nSPS) is 16.2. The van der Waals surface area contributed by atoms with Crippen LogP contribution in [0.2, 0.25) is 5.02 Å². The van der Waals surface area contributed by atoms with Crippen molar-refractivity contribution in [2.75, 3.05) is 33.3 Å². The van der Waals surface area contributed by atoms with E-state index in [2.05, 4.69) is 10.2 Å². The maximum atomic E-state index is 12.9. The molecular formula is C21H25ClN4O4. The molecule has 2 aromatic rings. The van der Waals surface area contributed by atoms with Gasteiger partial charge in [0.05, 0.1) is 36.5 Å². The van der Waals surface area contributed by atoms with Crippen LogP contribution in [0.1, 0.15) is 30.1 Å². The van der Waals surface area contributed by atoms with E-state index in [1.807, 2.05) is 0 Å². The summed E-state index contributed by atoms with van der Waals surface area (Å²) in [5.74, 6) is -1.10. The summed E-state index contributed by atoms with van der Waals surface area (Å²) in [7, 11) is 1.58. The minimum Gasteiger partial charge on any atom is -0.466 e. The quantitative estimate of drug-likeness (QED) is 0.708. The third-order valence-electron chi connectivity index (χ3n) is 5.12. The third kappa shape index (κ3) is 4.99. The first kappa shape index (κ1) is 21.8. The number of amides is 2. The number of benzene rings is 1. The monoisotopic (exact) mass is 432 g/mol. The van der Waals surface area contributed by atoms with Gasteiger partial charge in [-0.25, -0.2) is 0 Å². The number of carbonyl (C=O) groups excluding carboxylic acids is 3. The minimum atomic E-state index is -0.319. The Balaban J connectivity index is 1.65. The Morgan fingerprint density at radius 2 is 2.03 bits per heavy atom. The number of carbonyl (C=O) groups is 3. The van der Waals surface area contributed by atoms with E-state index in [0.717, 1.165) is 12.0 Å². The molecule has 1 unspecified atom stereocenters. The number of esters is 1. The van der Waals surface area contributed by atoms with Gasteiger partial charge in [0.2, 0.25) is 5.91 Å². The number of hydrogen-bond donors (Lipinski definition) is 1. The van der Waals surface area contributed by atoms with Gasteiger partial charge in [-0.3, -0.25) is 19.5 Å². The number of rotatable bonds is 6. The fourth-order valence-electron chi connectivity index (χ4n) is 3.52. The summed E-state index contributed by atoms with van der Waals surface area (Å²) in [4.78, 5) is 40.7. The predicted octanol–water partition coefficient (Wildman–Crippen LogP) is 2.60. The van der Waals surface area contributed by atoms with Gasteiger partial charge in [-0.1, -0.05) is 23.7 Å². The zero-order valence-electron chi connectivity index (χ0n) is 17.1. The van der Waals surface area contributed by atoms with E-state index < -0.39 is 0 Å². The molecule has 1 N–H and O–H groups in total. The highest BCUT2D eigenvalue weighted by Crippen LogP contribution is 2.24. The van der Waals surface area contributed by atoms with Gasteiger partial charge in [-0.15, -0.1) is 0 Å². The molecule has 0 bridgehead atoms. The van der Waals surface area contributed by atoms with Crippen LogP contribution in [0.5, 0.6) is 0 Å². The van der Waals surface area contributed by atoms with Crippen LogP contribution in [-0.2, 0) is 14.3 Å². The molecule has 30 heavy (non-hydrogen) atoms. The average molecular weight is 433 g/mol. The van der Waals surface area contributed by atoms with Gasteiger partial charge in [-0.05, 0) is 31.9 Å². The van der Waals surface area contributed by atoms with Crippen molar-refractivity contribution in [2.45, 2.75) is 19.8 Å². The lowest BCUT2D eigenvalue weighted by Gasteiger charge is -2.32. The van der Waals surface area contributed by atoms with Crippen LogP contribution in [-0.4, -0.2) is 71.1 Å². The smallest absolute Gasteiger partial charge is 0.310 e. The number of likely N-dealkylation sites (tertiary alicyclic amines) is 1. The summed E-state index contributed by atoms with van der Waals surface area (Å²) in [6.45, 7) is 2.89. The number of aromatic nitrogens is 2. The highest BCUT2D eigenvalue weighted by molar-refractivity contribution is 6.30. The number of hydrogen-bond acceptors (Lipinski definition) is 5. The number of piperidine rings is 1. The molecule has 0 aliphatic carbocycles. The van der Waals surface area contributed by atoms with Crippen molar-refractivity contribution in [1.29, 1.82) is 0 Å². The number of likely N-dealkylation sites (N-methyl/N-ethyl adjacent to an activating group) is 1. The van der Waals surface area contributed by atoms with Crippen molar-refractivity contribution >= 4 is 29.4 Å². The number of ether oxygens (including phenoxy) is 1. The van der Waals surface area contributed by atoms with Crippen LogP contribution in [0.3, 0.4) is 0 Å². The molecule has 1 aromatic carbocycles. The van der Waals surface area contributed by atoms with E-state index in [1.54, 1.807) is 43.1 Å². The highest BCUT2D eigenvalue weighted by atomic mass is 35.5. The SMILES string of the molecule is CCOC(=O)C1CCCN(C(=O)CN(C)C(=O)c2cn[nH]c2-c2ccc(Cl)cc2)C1. The maximum Gasteiger partial charge on any atom is 0.310 e. The van der Waals surface area contributed by atoms with Crippen LogP contribution in [0.25, 0.3) is 11.3 Å². The van der Waals surface area contributed by atoms with Crippen molar-refractivity contribution in [3.8, 4) is 11.3 Å². The molecule has 0 spiro atoms. The van der Waals surface area contributed by atoms with Crippen LogP contribution in [0.15, 0.2) is 30.5 Å². The summed E-state index contributed by atoms with van der Waals surface area (Å²) < 4.78 is 5.08. The molecule has 1 fully saturated rings. The first-order valence-electron chi connectivity index (χ1n) is 9.89. The maximum absolute atomic E-state index is 12.9. The zero-order valence-corrected chi connectivity index (χ0v) is 17.8. The molecule has 1 aliphatic rings. The summed E-state index contributed by atoms with van der Waals surface area (Å²) in [6.07, 6.45) is 2.89. The molecule has 0 saturated carbocycles. The first-order valence-corrected chi connectivity index (χ1v) is 10.3. The second-order valence-corrected chi connectivity index (χ2v) is 7.69. The largest absolute Gasteiger partial charge is 0.466 e. The van der Waals surface area contributed by atoms with E-state index in [-0.39, 0.29) is 30.2 Å². The van der Waals surface area contributed by atoms with Gasteiger partial charge in [0.1, 0.15) is 0 Å². The molecule has 1 atom stereocenters. The second kappa shape index (κ2) is 9.75. The Morgan fingerprint density at radius 1 is 1.30 bits per heavy atom. The minimum absolute atomic E-state index is 0.0837. The van der Waals surface area contributed by atoms with Gasteiger partial charge >= 0.3 is 5.97 Å². The molecule has 8 nitrogen and oxygen atoms in total. The lowest BCUT2D eigenvalue weighted by molar-refractivity contribution is -0.151.